The highest BCUT2D eigenvalue weighted by Crippen LogP contribution is 2.39. The van der Waals surface area contributed by atoms with Gasteiger partial charge in [0.25, 0.3) is 0 Å². The summed E-state index contributed by atoms with van der Waals surface area (Å²) in [7, 11) is 0. The number of ketones is 1. The van der Waals surface area contributed by atoms with Gasteiger partial charge >= 0.3 is 24.1 Å². The first kappa shape index (κ1) is 24.4. The molecule has 0 unspecified atom stereocenters. The molecule has 1 saturated carbocycles. The van der Waals surface area contributed by atoms with Crippen molar-refractivity contribution in [2.45, 2.75) is 37.3 Å². The van der Waals surface area contributed by atoms with Crippen molar-refractivity contribution in [3.05, 3.63) is 34.9 Å². The van der Waals surface area contributed by atoms with Crippen LogP contribution in [0.3, 0.4) is 0 Å². The highest BCUT2D eigenvalue weighted by molar-refractivity contribution is 6.31. The Balaban J connectivity index is 1.86. The monoisotopic (exact) mass is 464 g/mol. The summed E-state index contributed by atoms with van der Waals surface area (Å²) in [6.07, 6.45) is -3.83. The molecule has 1 atom stereocenters. The number of hydrogen-bond acceptors (Lipinski definition) is 6. The lowest BCUT2D eigenvalue weighted by molar-refractivity contribution is -0.174. The van der Waals surface area contributed by atoms with Gasteiger partial charge in [-0.1, -0.05) is 36.2 Å². The minimum Gasteiger partial charge on any atom is -0.426 e. The molecule has 0 aromatic heterocycles. The summed E-state index contributed by atoms with van der Waals surface area (Å²) in [5, 5.41) is 4.15. The number of Topliss-reactive ketones (excluding diaryl/α,β-unsaturated/α-hetero) is 1. The molecule has 0 radical (unpaired) electrons. The Bertz CT molecular complexity index is 848. The molecule has 8 nitrogen and oxygen atoms in total. The number of carbonyl (C=O) groups is 4. The number of carbonyl (C=O) groups excluding carboxylic acids is 4. The van der Waals surface area contributed by atoms with Crippen molar-refractivity contribution in [1.29, 1.82) is 0 Å². The first-order chi connectivity index (χ1) is 14.6. The van der Waals surface area contributed by atoms with Crippen LogP contribution in [-0.2, 0) is 29.3 Å². The van der Waals surface area contributed by atoms with Gasteiger partial charge in [-0.3, -0.25) is 14.4 Å². The maximum absolute atomic E-state index is 12.7. The molecule has 1 aliphatic carbocycles. The Hall–Kier alpha value is -2.82. The van der Waals surface area contributed by atoms with E-state index in [4.69, 9.17) is 11.6 Å². The lowest BCUT2D eigenvalue weighted by atomic mass is 9.68. The van der Waals surface area contributed by atoms with Crippen LogP contribution in [0.4, 0.5) is 18.0 Å². The van der Waals surface area contributed by atoms with Gasteiger partial charge in [-0.05, 0) is 24.5 Å². The molecule has 12 heteroatoms. The molecular weight excluding hydrogens is 445 g/mol. The van der Waals surface area contributed by atoms with Crippen molar-refractivity contribution in [1.82, 2.24) is 10.6 Å². The fraction of sp³-hybridized carbons (Fsp3) is 0.474. The fourth-order valence-corrected chi connectivity index (χ4v) is 3.55. The second-order valence-corrected chi connectivity index (χ2v) is 7.20. The van der Waals surface area contributed by atoms with Crippen molar-refractivity contribution in [2.75, 3.05) is 19.9 Å². The van der Waals surface area contributed by atoms with Crippen molar-refractivity contribution in [3.8, 4) is 0 Å². The highest BCUT2D eigenvalue weighted by Gasteiger charge is 2.43. The van der Waals surface area contributed by atoms with Gasteiger partial charge in [0.1, 0.15) is 12.3 Å². The average Bonchev–Trinajstić information content (AvgIpc) is 2.71. The van der Waals surface area contributed by atoms with Crippen molar-refractivity contribution < 1.29 is 41.8 Å². The van der Waals surface area contributed by atoms with Crippen LogP contribution < -0.4 is 10.6 Å². The van der Waals surface area contributed by atoms with Crippen LogP contribution >= 0.6 is 11.6 Å². The molecule has 2 N–H and O–H groups in total. The molecule has 2 rings (SSSR count). The Morgan fingerprint density at radius 1 is 1.10 bits per heavy atom. The number of alkyl halides is 3. The normalized spacial score (nSPS) is 18.8. The van der Waals surface area contributed by atoms with E-state index < -0.39 is 42.9 Å². The van der Waals surface area contributed by atoms with E-state index in [2.05, 4.69) is 14.8 Å². The molecule has 31 heavy (non-hydrogen) atoms. The third kappa shape index (κ3) is 6.58. The molecule has 1 aromatic carbocycles. The SMILES string of the molecule is O=C(CNC(=O)C(F)(F)F)OCOC(=O)NC[C@@]1(c2ccccc2Cl)CCCCC1=O. The summed E-state index contributed by atoms with van der Waals surface area (Å²) < 4.78 is 45.2. The topological polar surface area (TPSA) is 111 Å². The number of hydrogen-bond donors (Lipinski definition) is 2. The molecule has 0 bridgehead atoms. The zero-order chi connectivity index (χ0) is 23.1. The van der Waals surface area contributed by atoms with E-state index in [1.807, 2.05) is 0 Å². The third-order valence-corrected chi connectivity index (χ3v) is 5.11. The molecule has 0 heterocycles. The maximum Gasteiger partial charge on any atom is 0.471 e. The second kappa shape index (κ2) is 10.5. The predicted octanol–water partition coefficient (Wildman–Crippen LogP) is 2.63. The van der Waals surface area contributed by atoms with E-state index in [0.29, 0.717) is 23.4 Å². The third-order valence-electron chi connectivity index (χ3n) is 4.78. The van der Waals surface area contributed by atoms with Gasteiger partial charge in [-0.25, -0.2) is 4.79 Å². The summed E-state index contributed by atoms with van der Waals surface area (Å²) in [6.45, 7) is -2.03. The summed E-state index contributed by atoms with van der Waals surface area (Å²) in [4.78, 5) is 46.6. The van der Waals surface area contributed by atoms with Crippen LogP contribution in [0, 0.1) is 0 Å². The summed E-state index contributed by atoms with van der Waals surface area (Å²) >= 11 is 6.27. The standard InChI is InChI=1S/C19H20ClF3N2O6/c20-13-6-2-1-5-12(13)18(8-4-3-7-14(18)26)10-25-17(29)31-11-30-15(27)9-24-16(28)19(21,22)23/h1-2,5-6H,3-4,7-11H2,(H,24,28)(H,25,29)/t18-/m1/s1. The number of esters is 1. The molecule has 0 saturated heterocycles. The summed E-state index contributed by atoms with van der Waals surface area (Å²) in [6, 6.07) is 6.83. The molecule has 0 spiro atoms. The lowest BCUT2D eigenvalue weighted by Crippen LogP contribution is -2.48. The number of benzene rings is 1. The Labute approximate surface area is 180 Å². The van der Waals surface area contributed by atoms with Crippen molar-refractivity contribution >= 4 is 35.4 Å². The van der Waals surface area contributed by atoms with E-state index in [1.54, 1.807) is 24.3 Å². The number of alkyl carbamates (subject to hydrolysis) is 1. The van der Waals surface area contributed by atoms with Crippen LogP contribution in [0.1, 0.15) is 31.2 Å². The van der Waals surface area contributed by atoms with Gasteiger partial charge in [0.05, 0.1) is 5.41 Å². The van der Waals surface area contributed by atoms with Crippen LogP contribution in [0.5, 0.6) is 0 Å². The first-order valence-corrected chi connectivity index (χ1v) is 9.63. The van der Waals surface area contributed by atoms with E-state index in [-0.39, 0.29) is 12.3 Å². The van der Waals surface area contributed by atoms with E-state index >= 15 is 0 Å². The largest absolute Gasteiger partial charge is 0.471 e. The van der Waals surface area contributed by atoms with Crippen LogP contribution in [-0.4, -0.2) is 49.8 Å². The van der Waals surface area contributed by atoms with Gasteiger partial charge in [0, 0.05) is 18.0 Å². The molecule has 170 valence electrons. The Morgan fingerprint density at radius 2 is 1.81 bits per heavy atom. The maximum atomic E-state index is 12.7. The Kier molecular flexibility index (Phi) is 8.26. The molecular formula is C19H20ClF3N2O6. The molecule has 2 amide bonds. The molecule has 1 fully saturated rings. The average molecular weight is 465 g/mol. The van der Waals surface area contributed by atoms with Gasteiger partial charge in [0.2, 0.25) is 6.79 Å². The molecule has 0 aliphatic heterocycles. The smallest absolute Gasteiger partial charge is 0.426 e. The highest BCUT2D eigenvalue weighted by atomic mass is 35.5. The fourth-order valence-electron chi connectivity index (χ4n) is 3.23. The zero-order valence-corrected chi connectivity index (χ0v) is 17.0. The second-order valence-electron chi connectivity index (χ2n) is 6.79. The summed E-state index contributed by atoms with van der Waals surface area (Å²) in [5.74, 6) is -3.61. The van der Waals surface area contributed by atoms with Crippen LogP contribution in [0.15, 0.2) is 24.3 Å². The van der Waals surface area contributed by atoms with Gasteiger partial charge < -0.3 is 20.1 Å². The number of ether oxygens (including phenoxy) is 2. The quantitative estimate of drug-likeness (QED) is 0.474. The number of halogens is 4. The van der Waals surface area contributed by atoms with Gasteiger partial charge in [-0.15, -0.1) is 0 Å². The van der Waals surface area contributed by atoms with Gasteiger partial charge in [0.15, 0.2) is 0 Å². The van der Waals surface area contributed by atoms with Gasteiger partial charge in [-0.2, -0.15) is 13.2 Å². The minimum absolute atomic E-state index is 0.0704. The molecule has 1 aromatic rings. The van der Waals surface area contributed by atoms with E-state index in [0.717, 1.165) is 12.8 Å². The van der Waals surface area contributed by atoms with E-state index in [1.165, 1.54) is 5.32 Å². The number of amides is 2. The number of rotatable bonds is 7. The molecule has 1 aliphatic rings. The Morgan fingerprint density at radius 3 is 2.45 bits per heavy atom. The van der Waals surface area contributed by atoms with Crippen molar-refractivity contribution in [3.63, 3.8) is 0 Å². The zero-order valence-electron chi connectivity index (χ0n) is 16.2. The van der Waals surface area contributed by atoms with E-state index in [9.17, 15) is 32.3 Å². The predicted molar refractivity (Wildman–Crippen MR) is 101 cm³/mol. The van der Waals surface area contributed by atoms with Crippen LogP contribution in [0.2, 0.25) is 5.02 Å². The number of nitrogens with one attached hydrogen (secondary N) is 2. The first-order valence-electron chi connectivity index (χ1n) is 9.26. The summed E-state index contributed by atoms with van der Waals surface area (Å²) in [5.41, 5.74) is -0.428. The van der Waals surface area contributed by atoms with Crippen LogP contribution in [0.25, 0.3) is 0 Å². The lowest BCUT2D eigenvalue weighted by Gasteiger charge is -2.36. The minimum atomic E-state index is -5.13. The van der Waals surface area contributed by atoms with Crippen molar-refractivity contribution in [2.24, 2.45) is 0 Å².